The predicted molar refractivity (Wildman–Crippen MR) is 209 cm³/mol. The smallest absolute Gasteiger partial charge is 0.319 e. The predicted octanol–water partition coefficient (Wildman–Crippen LogP) is 7.21. The summed E-state index contributed by atoms with van der Waals surface area (Å²) < 4.78 is 0. The fraction of sp³-hybridized carbons (Fsp3) is 0.684. The van der Waals surface area contributed by atoms with E-state index >= 15 is 0 Å². The van der Waals surface area contributed by atoms with Gasteiger partial charge in [-0.05, 0) is 102 Å². The molecule has 0 bridgehead atoms. The average molecular weight is 714 g/mol. The number of nitrogens with one attached hydrogen (secondary N) is 4. The summed E-state index contributed by atoms with van der Waals surface area (Å²) in [6, 6.07) is 8.92. The Morgan fingerprint density at radius 1 is 0.600 bits per heavy atom. The molecule has 1 aromatic rings. The topological polar surface area (TPSA) is 138 Å². The van der Waals surface area contributed by atoms with Crippen LogP contribution in [0.25, 0.3) is 0 Å². The Bertz CT molecular complexity index is 1330. The molecule has 280 valence electrons. The Kier molecular flexibility index (Phi) is 14.6. The third-order valence-corrected chi connectivity index (χ3v) is 7.94. The first-order valence-corrected chi connectivity index (χ1v) is 17.8. The van der Waals surface area contributed by atoms with Crippen molar-refractivity contribution in [2.24, 2.45) is 15.4 Å². The molecule has 0 unspecified atom stereocenters. The molecule has 11 nitrogen and oxygen atoms in total. The number of hydrazone groups is 1. The van der Waals surface area contributed by atoms with Crippen molar-refractivity contribution in [2.45, 2.75) is 169 Å². The van der Waals surface area contributed by atoms with Gasteiger partial charge in [-0.25, -0.2) is 9.59 Å². The molecule has 0 atom stereocenters. The average Bonchev–Trinajstić information content (AvgIpc) is 2.90. The molecule has 0 aliphatic carbocycles. The Morgan fingerprint density at radius 3 is 1.28 bits per heavy atom. The number of piperidine rings is 3. The fourth-order valence-corrected chi connectivity index (χ4v) is 7.54. The van der Waals surface area contributed by atoms with Gasteiger partial charge in [0.2, 0.25) is 0 Å². The van der Waals surface area contributed by atoms with E-state index < -0.39 is 5.97 Å². The number of nitrogens with zero attached hydrogens (tertiary/aromatic N) is 3. The minimum atomic E-state index is -0.410. The minimum Gasteiger partial charge on any atom is -0.319 e. The first-order valence-electron chi connectivity index (χ1n) is 17.4. The Hall–Kier alpha value is -3.06. The number of thiocarbonyl (C=S) groups is 1. The lowest BCUT2D eigenvalue weighted by Gasteiger charge is -2.43. The molecule has 1 aromatic carbocycles. The highest BCUT2D eigenvalue weighted by Gasteiger charge is 2.38. The summed E-state index contributed by atoms with van der Waals surface area (Å²) in [5.74, 6) is -0.774. The molecule has 0 radical (unpaired) electrons. The van der Waals surface area contributed by atoms with Crippen molar-refractivity contribution in [3.63, 3.8) is 0 Å². The van der Waals surface area contributed by atoms with Crippen molar-refractivity contribution < 1.29 is 19.3 Å². The van der Waals surface area contributed by atoms with Crippen molar-refractivity contribution in [3.8, 4) is 0 Å². The van der Waals surface area contributed by atoms with Gasteiger partial charge in [0.1, 0.15) is 0 Å². The maximum atomic E-state index is 11.9. The number of benzene rings is 1. The molecule has 0 spiro atoms. The lowest BCUT2D eigenvalue weighted by molar-refractivity contribution is -0.141. The zero-order valence-electron chi connectivity index (χ0n) is 33.0. The maximum Gasteiger partial charge on any atom is 0.365 e. The zero-order chi connectivity index (χ0) is 38.2. The standard InChI is InChI=1S/C16H22N2O2.C11H21N3S.C11H20N2O2/c1-15(2)10-13(11-16(3,4)18-15)17-20-14(19)12-8-6-5-7-9-12;1-8(15)12-13-9-6-10(2,3)14-11(4,5)7-9;1-8(14)15-12-9-6-10(2,3)13-11(4,5)7-9/h5-9,18H,10-11H2,1-4H3;14H,6-7H2,1-5H3,(H,12,15);13H,6-7H2,1-5H3. The van der Waals surface area contributed by atoms with Crippen LogP contribution in [0.4, 0.5) is 0 Å². The van der Waals surface area contributed by atoms with Crippen LogP contribution in [0.5, 0.6) is 0 Å². The highest BCUT2D eigenvalue weighted by atomic mass is 32.1. The first-order chi connectivity index (χ1) is 22.7. The van der Waals surface area contributed by atoms with Gasteiger partial charge in [-0.15, -0.1) is 0 Å². The number of carbonyl (C=O) groups excluding carboxylic acids is 2. The lowest BCUT2D eigenvalue weighted by atomic mass is 9.81. The summed E-state index contributed by atoms with van der Waals surface area (Å²) in [4.78, 5) is 33.0. The molecule has 4 N–H and O–H groups in total. The molecular formula is C38H63N7O4S. The van der Waals surface area contributed by atoms with Gasteiger partial charge in [-0.2, -0.15) is 5.10 Å². The summed E-state index contributed by atoms with van der Waals surface area (Å²) in [7, 11) is 0. The van der Waals surface area contributed by atoms with E-state index in [9.17, 15) is 9.59 Å². The second kappa shape index (κ2) is 17.0. The van der Waals surface area contributed by atoms with Crippen LogP contribution in [0, 0.1) is 0 Å². The molecule has 12 heteroatoms. The molecule has 3 saturated heterocycles. The van der Waals surface area contributed by atoms with E-state index in [2.05, 4.69) is 125 Å². The lowest BCUT2D eigenvalue weighted by Crippen LogP contribution is -2.58. The molecule has 50 heavy (non-hydrogen) atoms. The molecule has 0 aromatic heterocycles. The van der Waals surface area contributed by atoms with Crippen LogP contribution in [0.3, 0.4) is 0 Å². The number of hydrogen-bond donors (Lipinski definition) is 4. The van der Waals surface area contributed by atoms with Crippen molar-refractivity contribution in [3.05, 3.63) is 35.9 Å². The van der Waals surface area contributed by atoms with E-state index in [0.717, 1.165) is 54.9 Å². The number of carbonyl (C=O) groups is 2. The molecule has 0 saturated carbocycles. The van der Waals surface area contributed by atoms with Crippen molar-refractivity contribution >= 4 is 46.3 Å². The quantitative estimate of drug-likeness (QED) is 0.145. The summed E-state index contributed by atoms with van der Waals surface area (Å²) in [5.41, 5.74) is 6.59. The van der Waals surface area contributed by atoms with Gasteiger partial charge >= 0.3 is 11.9 Å². The highest BCUT2D eigenvalue weighted by molar-refractivity contribution is 7.80. The molecule has 3 heterocycles. The van der Waals surface area contributed by atoms with E-state index in [-0.39, 0.29) is 39.2 Å². The SMILES string of the molecule is CC(=O)ON=C1CC(C)(C)NC(C)(C)C1.CC(=S)NN=C1CC(C)(C)NC(C)(C)C1.CC1(C)CC(=NOC(=O)c2ccccc2)CC(C)(C)N1. The maximum absolute atomic E-state index is 11.9. The van der Waals surface area contributed by atoms with E-state index in [1.165, 1.54) is 12.6 Å². The molecule has 3 aliphatic rings. The number of oxime groups is 2. The second-order valence-corrected chi connectivity index (χ2v) is 18.3. The van der Waals surface area contributed by atoms with Gasteiger partial charge in [-0.3, -0.25) is 5.43 Å². The third-order valence-electron chi connectivity index (χ3n) is 7.85. The molecule has 3 aliphatic heterocycles. The van der Waals surface area contributed by atoms with E-state index in [1.54, 1.807) is 24.3 Å². The Balaban J connectivity index is 0.000000265. The molecule has 0 amide bonds. The van der Waals surface area contributed by atoms with E-state index in [1.807, 2.05) is 13.0 Å². The number of hydrogen-bond acceptors (Lipinski definition) is 11. The Morgan fingerprint density at radius 2 is 0.940 bits per heavy atom. The largest absolute Gasteiger partial charge is 0.365 e. The van der Waals surface area contributed by atoms with Crippen molar-refractivity contribution in [1.82, 2.24) is 21.4 Å². The van der Waals surface area contributed by atoms with Crippen LogP contribution in [0.15, 0.2) is 45.7 Å². The monoisotopic (exact) mass is 713 g/mol. The fourth-order valence-electron chi connectivity index (χ4n) is 7.49. The van der Waals surface area contributed by atoms with Gasteiger partial charge in [-0.1, -0.05) is 40.7 Å². The minimum absolute atomic E-state index is 0.000727. The normalized spacial score (nSPS) is 22.2. The van der Waals surface area contributed by atoms with Crippen LogP contribution in [-0.4, -0.2) is 67.3 Å². The van der Waals surface area contributed by atoms with Gasteiger partial charge in [0.25, 0.3) is 0 Å². The van der Waals surface area contributed by atoms with Crippen LogP contribution in [-0.2, 0) is 14.5 Å². The Labute approximate surface area is 306 Å². The van der Waals surface area contributed by atoms with Crippen molar-refractivity contribution in [1.29, 1.82) is 0 Å². The van der Waals surface area contributed by atoms with Crippen molar-refractivity contribution in [2.75, 3.05) is 0 Å². The van der Waals surface area contributed by atoms with Gasteiger partial charge < -0.3 is 25.6 Å². The zero-order valence-corrected chi connectivity index (χ0v) is 33.8. The highest BCUT2D eigenvalue weighted by Crippen LogP contribution is 2.28. The first kappa shape index (κ1) is 43.1. The summed E-state index contributed by atoms with van der Waals surface area (Å²) >= 11 is 4.94. The summed E-state index contributed by atoms with van der Waals surface area (Å²) in [6.45, 7) is 29.0. The second-order valence-electron chi connectivity index (χ2n) is 17.7. The summed E-state index contributed by atoms with van der Waals surface area (Å²) in [5, 5.41) is 23.0. The van der Waals surface area contributed by atoms with Crippen LogP contribution in [0.2, 0.25) is 0 Å². The van der Waals surface area contributed by atoms with E-state index in [0.29, 0.717) is 5.56 Å². The third kappa shape index (κ3) is 16.8. The molecule has 4 rings (SSSR count). The van der Waals surface area contributed by atoms with Gasteiger partial charge in [0.15, 0.2) is 0 Å². The summed E-state index contributed by atoms with van der Waals surface area (Å²) in [6.07, 6.45) is 5.10. The van der Waals surface area contributed by atoms with Crippen LogP contribution >= 0.6 is 12.2 Å². The molecule has 3 fully saturated rings. The van der Waals surface area contributed by atoms with Gasteiger partial charge in [0, 0.05) is 84.4 Å². The molecular weight excluding hydrogens is 651 g/mol. The van der Waals surface area contributed by atoms with Gasteiger partial charge in [0.05, 0.1) is 22.0 Å². The van der Waals surface area contributed by atoms with Crippen LogP contribution < -0.4 is 21.4 Å². The van der Waals surface area contributed by atoms with E-state index in [4.69, 9.17) is 17.1 Å². The van der Waals surface area contributed by atoms with Crippen LogP contribution in [0.1, 0.15) is 146 Å². The number of rotatable bonds is 4.